The van der Waals surface area contributed by atoms with Crippen LogP contribution in [-0.2, 0) is 11.8 Å². The zero-order chi connectivity index (χ0) is 47.1. The fourth-order valence-corrected chi connectivity index (χ4v) is 9.01. The second kappa shape index (κ2) is 10.3. The molecule has 0 saturated heterocycles. The summed E-state index contributed by atoms with van der Waals surface area (Å²) in [6.07, 6.45) is 0.168. The summed E-state index contributed by atoms with van der Waals surface area (Å²) in [6.45, 7) is 16.8. The first-order valence-electron chi connectivity index (χ1n) is 24.2. The van der Waals surface area contributed by atoms with Crippen molar-refractivity contribution in [1.29, 1.82) is 0 Å². The quantitative estimate of drug-likeness (QED) is 0.164. The fraction of sp³-hybridized carbons (Fsp3) is 0.224. The first-order chi connectivity index (χ1) is 29.8. The molecule has 0 saturated carbocycles. The van der Waals surface area contributed by atoms with Crippen LogP contribution in [0.15, 0.2) is 90.6 Å². The van der Waals surface area contributed by atoms with Gasteiger partial charge in [-0.3, -0.25) is 0 Å². The van der Waals surface area contributed by atoms with Crippen molar-refractivity contribution in [2.24, 2.45) is 0 Å². The van der Waals surface area contributed by atoms with Crippen molar-refractivity contribution in [3.8, 4) is 44.5 Å². The molecule has 2 aliphatic carbocycles. The highest BCUT2D eigenvalue weighted by atomic mass is 14.4. The highest BCUT2D eigenvalue weighted by molar-refractivity contribution is 6.23. The number of benzene rings is 7. The summed E-state index contributed by atoms with van der Waals surface area (Å²) in [5, 5.41) is -0.792. The molecule has 0 heterocycles. The Morgan fingerprint density at radius 3 is 1.63 bits per heavy atom. The Morgan fingerprint density at radius 1 is 0.449 bits per heavy atom. The van der Waals surface area contributed by atoms with Gasteiger partial charge in [-0.1, -0.05) is 104 Å². The van der Waals surface area contributed by atoms with Crippen molar-refractivity contribution in [1.82, 2.24) is 0 Å². The number of hydrogen-bond acceptors (Lipinski definition) is 0. The second-order valence-corrected chi connectivity index (χ2v) is 14.3. The van der Waals surface area contributed by atoms with Crippen molar-refractivity contribution in [2.75, 3.05) is 0 Å². The Morgan fingerprint density at radius 2 is 1.00 bits per heavy atom. The third kappa shape index (κ3) is 3.92. The minimum absolute atomic E-state index is 0.0458. The summed E-state index contributed by atoms with van der Waals surface area (Å²) >= 11 is 0. The molecule has 49 heavy (non-hydrogen) atoms. The highest BCUT2D eigenvalue weighted by Crippen LogP contribution is 2.56. The maximum absolute atomic E-state index is 9.89. The van der Waals surface area contributed by atoms with Gasteiger partial charge in [-0.05, 0) is 182 Å². The van der Waals surface area contributed by atoms with E-state index in [0.717, 1.165) is 38.9 Å². The van der Waals surface area contributed by atoms with Crippen LogP contribution in [0.1, 0.15) is 95.6 Å². The standard InChI is InChI=1S/C49H44/c1-26-23-28(3)42-41(30(26)5)25-33-15-14-20-39(44(33)42)46-37-18-12-10-16-35(37)45(36-17-11-13-19-38(36)46)34-21-22-40-43-31(6)27(2)24-29(4)47(43)49(8,9)48(40)32(34)7/h10-24H,25H2,1-9H3/i10D,11D,12D,13D,14D,15D,16D,17D,18D,19D,20D,21D,22D,23D,24D. The van der Waals surface area contributed by atoms with Crippen LogP contribution in [-0.4, -0.2) is 0 Å². The normalized spacial score (nSPS) is 18.2. The average Bonchev–Trinajstić information content (AvgIpc) is 3.77. The first kappa shape index (κ1) is 18.2. The van der Waals surface area contributed by atoms with Gasteiger partial charge in [-0.15, -0.1) is 0 Å². The van der Waals surface area contributed by atoms with Gasteiger partial charge in [0.25, 0.3) is 0 Å². The lowest BCUT2D eigenvalue weighted by molar-refractivity contribution is 0.651. The third-order valence-electron chi connectivity index (χ3n) is 11.2. The van der Waals surface area contributed by atoms with Crippen LogP contribution in [0.25, 0.3) is 66.1 Å². The first-order valence-corrected chi connectivity index (χ1v) is 16.7. The van der Waals surface area contributed by atoms with Crippen molar-refractivity contribution >= 4 is 21.5 Å². The molecule has 0 aromatic heterocycles. The van der Waals surface area contributed by atoms with Crippen molar-refractivity contribution < 1.29 is 20.6 Å². The Bertz CT molecular complexity index is 3370. The largest absolute Gasteiger partial charge is 0.0630 e. The molecule has 0 heteroatoms. The van der Waals surface area contributed by atoms with E-state index in [0.29, 0.717) is 50.6 Å². The molecule has 0 bridgehead atoms. The van der Waals surface area contributed by atoms with Gasteiger partial charge in [-0.2, -0.15) is 0 Å². The zero-order valence-electron chi connectivity index (χ0n) is 44.2. The van der Waals surface area contributed by atoms with E-state index in [1.807, 2.05) is 48.5 Å². The second-order valence-electron chi connectivity index (χ2n) is 14.3. The molecule has 240 valence electrons. The van der Waals surface area contributed by atoms with Crippen molar-refractivity contribution in [3.63, 3.8) is 0 Å². The van der Waals surface area contributed by atoms with Gasteiger partial charge in [-0.25, -0.2) is 0 Å². The monoisotopic (exact) mass is 647 g/mol. The smallest absolute Gasteiger partial charge is 0.0616 e. The third-order valence-corrected chi connectivity index (χ3v) is 11.2. The van der Waals surface area contributed by atoms with Crippen LogP contribution >= 0.6 is 0 Å². The van der Waals surface area contributed by atoms with Crippen molar-refractivity contribution in [2.45, 2.75) is 74.1 Å². The number of hydrogen-bond donors (Lipinski definition) is 0. The SMILES string of the molecule is [2H]c1c([2H])c2c(c(-c3c4c([2H])c([2H])c([2H])c([2H])c4c(-c4c([2H])c([2H])c5c(c4C)C(C)(C)c4c(C)c([2H])c(C)c(C)c4-5)c4c([2H])c([2H])c([2H])c([2H])c34)c1[2H])-c1c(C)c([2H])c(C)c(C)c1C2. The summed E-state index contributed by atoms with van der Waals surface area (Å²) in [4.78, 5) is 0. The van der Waals surface area contributed by atoms with E-state index >= 15 is 0 Å². The highest BCUT2D eigenvalue weighted by Gasteiger charge is 2.40. The molecule has 0 unspecified atom stereocenters. The van der Waals surface area contributed by atoms with Crippen LogP contribution in [0.4, 0.5) is 0 Å². The van der Waals surface area contributed by atoms with Gasteiger partial charge in [0.15, 0.2) is 0 Å². The molecule has 9 rings (SSSR count). The Balaban J connectivity index is 1.60. The summed E-state index contributed by atoms with van der Waals surface area (Å²) in [7, 11) is 0. The van der Waals surface area contributed by atoms with E-state index in [-0.39, 0.29) is 74.4 Å². The summed E-state index contributed by atoms with van der Waals surface area (Å²) in [5.74, 6) is 0. The molecule has 0 fully saturated rings. The van der Waals surface area contributed by atoms with Crippen LogP contribution in [0, 0.1) is 48.5 Å². The minimum Gasteiger partial charge on any atom is -0.0616 e. The Kier molecular flexibility index (Phi) is 3.81. The van der Waals surface area contributed by atoms with Gasteiger partial charge in [0.1, 0.15) is 0 Å². The predicted molar refractivity (Wildman–Crippen MR) is 211 cm³/mol. The predicted octanol–water partition coefficient (Wildman–Crippen LogP) is 13.4. The lowest BCUT2D eigenvalue weighted by Crippen LogP contribution is -2.18. The van der Waals surface area contributed by atoms with Gasteiger partial charge < -0.3 is 0 Å². The van der Waals surface area contributed by atoms with Gasteiger partial charge in [0.2, 0.25) is 0 Å². The van der Waals surface area contributed by atoms with Gasteiger partial charge in [0, 0.05) is 5.41 Å². The van der Waals surface area contributed by atoms with E-state index < -0.39 is 65.8 Å². The average molecular weight is 648 g/mol. The fourth-order valence-electron chi connectivity index (χ4n) is 9.01. The zero-order valence-corrected chi connectivity index (χ0v) is 29.2. The van der Waals surface area contributed by atoms with Gasteiger partial charge >= 0.3 is 0 Å². The van der Waals surface area contributed by atoms with Crippen molar-refractivity contribution in [3.05, 3.63) is 152 Å². The maximum Gasteiger partial charge on any atom is 0.0630 e. The van der Waals surface area contributed by atoms with Gasteiger partial charge in [0.05, 0.1) is 20.6 Å². The van der Waals surface area contributed by atoms with Crippen LogP contribution < -0.4 is 0 Å². The number of fused-ring (bicyclic) bond motifs is 8. The Labute approximate surface area is 312 Å². The van der Waals surface area contributed by atoms with E-state index in [1.165, 1.54) is 0 Å². The molecule has 0 aliphatic heterocycles. The molecule has 7 aromatic rings. The van der Waals surface area contributed by atoms with E-state index in [2.05, 4.69) is 0 Å². The lowest BCUT2D eigenvalue weighted by Gasteiger charge is -2.27. The van der Waals surface area contributed by atoms with E-state index in [9.17, 15) is 9.60 Å². The molecular weight excluding hydrogens is 589 g/mol. The Hall–Kier alpha value is -4.94. The summed E-state index contributed by atoms with van der Waals surface area (Å²) in [5.41, 5.74) is 8.35. The van der Waals surface area contributed by atoms with Crippen LogP contribution in [0.5, 0.6) is 0 Å². The molecule has 0 amide bonds. The molecular formula is C49H44. The molecule has 7 aromatic carbocycles. The molecule has 2 aliphatic rings. The molecule has 0 radical (unpaired) electrons. The number of rotatable bonds is 2. The minimum atomic E-state index is -0.850. The molecule has 0 N–H and O–H groups in total. The van der Waals surface area contributed by atoms with E-state index in [4.69, 9.17) is 11.0 Å². The molecule has 0 nitrogen and oxygen atoms in total. The summed E-state index contributed by atoms with van der Waals surface area (Å²) < 4.78 is 141. The lowest BCUT2D eigenvalue weighted by atomic mass is 9.76. The summed E-state index contributed by atoms with van der Waals surface area (Å²) in [6, 6.07) is -6.04. The molecule has 0 spiro atoms. The van der Waals surface area contributed by atoms with E-state index in [1.54, 1.807) is 13.8 Å². The topological polar surface area (TPSA) is 0 Å². The van der Waals surface area contributed by atoms with Crippen LogP contribution in [0.3, 0.4) is 0 Å². The van der Waals surface area contributed by atoms with Crippen LogP contribution in [0.2, 0.25) is 0 Å². The molecule has 0 atom stereocenters. The maximum atomic E-state index is 9.89.